The molecule has 1 atom stereocenters. The first-order valence-electron chi connectivity index (χ1n) is 7.13. The lowest BCUT2D eigenvalue weighted by Gasteiger charge is -2.23. The number of halogens is 1. The SMILES string of the molecule is CNC(CCC1CCCCC1)c1cc(C)c(Cl)s1. The van der Waals surface area contributed by atoms with Crippen LogP contribution < -0.4 is 5.32 Å². The molecule has 1 fully saturated rings. The average Bonchev–Trinajstić information content (AvgIpc) is 2.71. The maximum absolute atomic E-state index is 6.17. The number of hydrogen-bond acceptors (Lipinski definition) is 2. The molecule has 1 aliphatic rings. The van der Waals surface area contributed by atoms with Gasteiger partial charge in [0.15, 0.2) is 0 Å². The Kier molecular flexibility index (Phi) is 5.53. The summed E-state index contributed by atoms with van der Waals surface area (Å²) in [5.74, 6) is 0.964. The van der Waals surface area contributed by atoms with Crippen LogP contribution in [0.1, 0.15) is 61.4 Å². The Morgan fingerprint density at radius 3 is 2.67 bits per heavy atom. The zero-order valence-corrected chi connectivity index (χ0v) is 13.0. The summed E-state index contributed by atoms with van der Waals surface area (Å²) in [6.07, 6.45) is 9.84. The van der Waals surface area contributed by atoms with Gasteiger partial charge in [-0.3, -0.25) is 0 Å². The van der Waals surface area contributed by atoms with E-state index in [1.54, 1.807) is 11.3 Å². The van der Waals surface area contributed by atoms with Crippen LogP contribution in [0.2, 0.25) is 4.34 Å². The molecule has 1 N–H and O–H groups in total. The number of thiophene rings is 1. The zero-order valence-electron chi connectivity index (χ0n) is 11.5. The second-order valence-corrected chi connectivity index (χ2v) is 7.21. The molecule has 1 aliphatic carbocycles. The van der Waals surface area contributed by atoms with Crippen molar-refractivity contribution in [2.75, 3.05) is 7.05 Å². The fraction of sp³-hybridized carbons (Fsp3) is 0.733. The molecule has 1 heterocycles. The van der Waals surface area contributed by atoms with E-state index in [1.807, 2.05) is 0 Å². The van der Waals surface area contributed by atoms with E-state index >= 15 is 0 Å². The van der Waals surface area contributed by atoms with Crippen LogP contribution in [0.4, 0.5) is 0 Å². The summed E-state index contributed by atoms with van der Waals surface area (Å²) in [6, 6.07) is 2.73. The fourth-order valence-corrected chi connectivity index (χ4v) is 4.32. The predicted octanol–water partition coefficient (Wildman–Crippen LogP) is 5.33. The van der Waals surface area contributed by atoms with Gasteiger partial charge < -0.3 is 5.32 Å². The largest absolute Gasteiger partial charge is 0.312 e. The van der Waals surface area contributed by atoms with Gasteiger partial charge in [-0.15, -0.1) is 11.3 Å². The second-order valence-electron chi connectivity index (χ2n) is 5.53. The third-order valence-corrected chi connectivity index (χ3v) is 5.83. The fourth-order valence-electron chi connectivity index (χ4n) is 2.96. The van der Waals surface area contributed by atoms with E-state index < -0.39 is 0 Å². The zero-order chi connectivity index (χ0) is 13.0. The average molecular weight is 286 g/mol. The molecule has 0 bridgehead atoms. The van der Waals surface area contributed by atoms with Crippen molar-refractivity contribution in [1.82, 2.24) is 5.32 Å². The molecule has 0 saturated heterocycles. The summed E-state index contributed by atoms with van der Waals surface area (Å²) >= 11 is 7.91. The van der Waals surface area contributed by atoms with Crippen LogP contribution in [0.5, 0.6) is 0 Å². The first-order valence-corrected chi connectivity index (χ1v) is 8.33. The number of rotatable bonds is 5. The van der Waals surface area contributed by atoms with Crippen molar-refractivity contribution in [3.05, 3.63) is 20.8 Å². The minimum absolute atomic E-state index is 0.489. The third-order valence-electron chi connectivity index (χ3n) is 4.16. The van der Waals surface area contributed by atoms with Crippen molar-refractivity contribution in [3.8, 4) is 0 Å². The Hall–Kier alpha value is -0.0500. The lowest BCUT2D eigenvalue weighted by atomic mass is 9.85. The minimum Gasteiger partial charge on any atom is -0.312 e. The van der Waals surface area contributed by atoms with Gasteiger partial charge in [-0.2, -0.15) is 0 Å². The highest BCUT2D eigenvalue weighted by Gasteiger charge is 2.18. The molecule has 1 nitrogen and oxygen atoms in total. The minimum atomic E-state index is 0.489. The maximum Gasteiger partial charge on any atom is 0.0960 e. The predicted molar refractivity (Wildman–Crippen MR) is 81.7 cm³/mol. The van der Waals surface area contributed by atoms with Crippen LogP contribution in [0, 0.1) is 12.8 Å². The monoisotopic (exact) mass is 285 g/mol. The lowest BCUT2D eigenvalue weighted by Crippen LogP contribution is -2.17. The Morgan fingerprint density at radius 2 is 2.11 bits per heavy atom. The van der Waals surface area contributed by atoms with Crippen molar-refractivity contribution in [3.63, 3.8) is 0 Å². The van der Waals surface area contributed by atoms with E-state index in [0.717, 1.165) is 10.3 Å². The van der Waals surface area contributed by atoms with Crippen LogP contribution in [-0.4, -0.2) is 7.05 Å². The van der Waals surface area contributed by atoms with E-state index in [-0.39, 0.29) is 0 Å². The molecule has 2 rings (SSSR count). The molecular formula is C15H24ClNS. The van der Waals surface area contributed by atoms with E-state index in [9.17, 15) is 0 Å². The van der Waals surface area contributed by atoms with Crippen LogP contribution >= 0.6 is 22.9 Å². The lowest BCUT2D eigenvalue weighted by molar-refractivity contribution is 0.318. The highest BCUT2D eigenvalue weighted by Crippen LogP contribution is 2.35. The summed E-state index contributed by atoms with van der Waals surface area (Å²) < 4.78 is 0.947. The summed E-state index contributed by atoms with van der Waals surface area (Å²) in [4.78, 5) is 1.40. The first kappa shape index (κ1) is 14.4. The third kappa shape index (κ3) is 3.72. The van der Waals surface area contributed by atoms with Crippen LogP contribution in [0.25, 0.3) is 0 Å². The van der Waals surface area contributed by atoms with Crippen molar-refractivity contribution in [1.29, 1.82) is 0 Å². The van der Waals surface area contributed by atoms with E-state index in [1.165, 1.54) is 55.4 Å². The number of hydrogen-bond donors (Lipinski definition) is 1. The van der Waals surface area contributed by atoms with Gasteiger partial charge in [-0.1, -0.05) is 43.7 Å². The molecule has 0 aliphatic heterocycles. The van der Waals surface area contributed by atoms with Crippen molar-refractivity contribution in [2.24, 2.45) is 5.92 Å². The van der Waals surface area contributed by atoms with E-state index in [0.29, 0.717) is 6.04 Å². The van der Waals surface area contributed by atoms with Gasteiger partial charge in [0, 0.05) is 10.9 Å². The molecule has 0 radical (unpaired) electrons. The quantitative estimate of drug-likeness (QED) is 0.771. The molecule has 0 spiro atoms. The topological polar surface area (TPSA) is 12.0 Å². The maximum atomic E-state index is 6.17. The van der Waals surface area contributed by atoms with Gasteiger partial charge in [-0.25, -0.2) is 0 Å². The van der Waals surface area contributed by atoms with E-state index in [4.69, 9.17) is 11.6 Å². The van der Waals surface area contributed by atoms with E-state index in [2.05, 4.69) is 25.4 Å². The van der Waals surface area contributed by atoms with Gasteiger partial charge in [0.2, 0.25) is 0 Å². The normalized spacial score (nSPS) is 19.1. The summed E-state index contributed by atoms with van der Waals surface area (Å²) in [5, 5.41) is 3.45. The first-order chi connectivity index (χ1) is 8.70. The highest BCUT2D eigenvalue weighted by atomic mass is 35.5. The smallest absolute Gasteiger partial charge is 0.0960 e. The Bertz CT molecular complexity index is 349. The molecule has 0 aromatic carbocycles. The molecule has 3 heteroatoms. The van der Waals surface area contributed by atoms with Crippen molar-refractivity contribution in [2.45, 2.75) is 57.9 Å². The van der Waals surface area contributed by atoms with Crippen LogP contribution in [0.3, 0.4) is 0 Å². The summed E-state index contributed by atoms with van der Waals surface area (Å²) in [5.41, 5.74) is 1.22. The molecule has 0 amide bonds. The molecule has 1 aromatic heterocycles. The number of nitrogens with one attached hydrogen (secondary N) is 1. The molecular weight excluding hydrogens is 262 g/mol. The Labute approximate surface area is 120 Å². The number of aryl methyl sites for hydroxylation is 1. The van der Waals surface area contributed by atoms with Crippen molar-refractivity contribution < 1.29 is 0 Å². The molecule has 18 heavy (non-hydrogen) atoms. The summed E-state index contributed by atoms with van der Waals surface area (Å²) in [7, 11) is 2.06. The van der Waals surface area contributed by atoms with Gasteiger partial charge in [0.05, 0.1) is 4.34 Å². The van der Waals surface area contributed by atoms with Gasteiger partial charge in [0.1, 0.15) is 0 Å². The Balaban J connectivity index is 1.88. The molecule has 102 valence electrons. The molecule has 1 unspecified atom stereocenters. The Morgan fingerprint density at radius 1 is 1.39 bits per heavy atom. The summed E-state index contributed by atoms with van der Waals surface area (Å²) in [6.45, 7) is 2.09. The van der Waals surface area contributed by atoms with Crippen LogP contribution in [-0.2, 0) is 0 Å². The standard InChI is InChI=1S/C15H24ClNS/c1-11-10-14(18-15(11)16)13(17-2)9-8-12-6-4-3-5-7-12/h10,12-13,17H,3-9H2,1-2H3. The molecule has 1 saturated carbocycles. The van der Waals surface area contributed by atoms with Gasteiger partial charge >= 0.3 is 0 Å². The highest BCUT2D eigenvalue weighted by molar-refractivity contribution is 7.16. The second kappa shape index (κ2) is 6.93. The molecule has 1 aromatic rings. The van der Waals surface area contributed by atoms with Crippen LogP contribution in [0.15, 0.2) is 6.07 Å². The van der Waals surface area contributed by atoms with Gasteiger partial charge in [0.25, 0.3) is 0 Å². The van der Waals surface area contributed by atoms with Gasteiger partial charge in [-0.05, 0) is 44.4 Å². The van der Waals surface area contributed by atoms with Crippen molar-refractivity contribution >= 4 is 22.9 Å².